The van der Waals surface area contributed by atoms with Crippen LogP contribution in [0, 0.1) is 6.92 Å². The van der Waals surface area contributed by atoms with Crippen molar-refractivity contribution < 1.29 is 19.1 Å². The van der Waals surface area contributed by atoms with Crippen LogP contribution in [0.4, 0.5) is 16.2 Å². The Labute approximate surface area is 208 Å². The third kappa shape index (κ3) is 6.30. The van der Waals surface area contributed by atoms with Crippen LogP contribution in [0.2, 0.25) is 0 Å². The predicted molar refractivity (Wildman–Crippen MR) is 141 cm³/mol. The molecule has 0 aromatic heterocycles. The summed E-state index contributed by atoms with van der Waals surface area (Å²) in [6.07, 6.45) is 1.46. The van der Waals surface area contributed by atoms with E-state index >= 15 is 0 Å². The van der Waals surface area contributed by atoms with Crippen LogP contribution in [0.15, 0.2) is 66.7 Å². The van der Waals surface area contributed by atoms with Gasteiger partial charge in [0.05, 0.1) is 23.5 Å². The fourth-order valence-corrected chi connectivity index (χ4v) is 3.84. The smallest absolute Gasteiger partial charge is 0.419 e. The van der Waals surface area contributed by atoms with Crippen LogP contribution in [-0.2, 0) is 16.6 Å². The SMILES string of the molecule is CCCc1ccc(C(=O)Oc2c(C)cc(C(C)(C)C)cc2N(C(=O)OCC)c2ccccc2)cc1. The van der Waals surface area contributed by atoms with Crippen molar-refractivity contribution in [3.05, 3.63) is 89.0 Å². The first-order valence-electron chi connectivity index (χ1n) is 12.1. The molecule has 184 valence electrons. The molecule has 0 fully saturated rings. The van der Waals surface area contributed by atoms with Gasteiger partial charge in [-0.2, -0.15) is 0 Å². The molecule has 0 heterocycles. The second-order valence-corrected chi connectivity index (χ2v) is 9.60. The van der Waals surface area contributed by atoms with E-state index in [1.54, 1.807) is 19.1 Å². The molecule has 3 aromatic carbocycles. The van der Waals surface area contributed by atoms with E-state index in [0.29, 0.717) is 22.7 Å². The number of nitrogens with zero attached hydrogens (tertiary/aromatic N) is 1. The zero-order valence-electron chi connectivity index (χ0n) is 21.6. The molecular weight excluding hydrogens is 438 g/mol. The summed E-state index contributed by atoms with van der Waals surface area (Å²) in [4.78, 5) is 27.8. The Hall–Kier alpha value is -3.60. The first kappa shape index (κ1) is 26.0. The highest BCUT2D eigenvalue weighted by atomic mass is 16.6. The predicted octanol–water partition coefficient (Wildman–Crippen LogP) is 7.76. The van der Waals surface area contributed by atoms with Gasteiger partial charge in [0, 0.05) is 0 Å². The van der Waals surface area contributed by atoms with Gasteiger partial charge >= 0.3 is 12.1 Å². The number of hydrogen-bond donors (Lipinski definition) is 0. The summed E-state index contributed by atoms with van der Waals surface area (Å²) in [5, 5.41) is 0. The van der Waals surface area contributed by atoms with Gasteiger partial charge in [-0.25, -0.2) is 14.5 Å². The first-order chi connectivity index (χ1) is 16.7. The molecule has 0 radical (unpaired) electrons. The number of hydrogen-bond acceptors (Lipinski definition) is 4. The Morgan fingerprint density at radius 2 is 1.57 bits per heavy atom. The van der Waals surface area contributed by atoms with Gasteiger partial charge in [0.25, 0.3) is 0 Å². The lowest BCUT2D eigenvalue weighted by atomic mass is 9.85. The second-order valence-electron chi connectivity index (χ2n) is 9.60. The Morgan fingerprint density at radius 3 is 2.14 bits per heavy atom. The summed E-state index contributed by atoms with van der Waals surface area (Å²) >= 11 is 0. The molecule has 0 saturated heterocycles. The maximum atomic E-state index is 13.2. The number of esters is 1. The monoisotopic (exact) mass is 473 g/mol. The first-order valence-corrected chi connectivity index (χ1v) is 12.1. The van der Waals surface area contributed by atoms with E-state index < -0.39 is 12.1 Å². The zero-order valence-corrected chi connectivity index (χ0v) is 21.6. The average Bonchev–Trinajstić information content (AvgIpc) is 2.82. The molecule has 5 nitrogen and oxygen atoms in total. The van der Waals surface area contributed by atoms with Crippen LogP contribution in [0.5, 0.6) is 5.75 Å². The maximum absolute atomic E-state index is 13.2. The molecule has 0 saturated carbocycles. The van der Waals surface area contributed by atoms with E-state index in [1.807, 2.05) is 61.5 Å². The highest BCUT2D eigenvalue weighted by molar-refractivity contribution is 5.99. The van der Waals surface area contributed by atoms with E-state index in [-0.39, 0.29) is 12.0 Å². The molecule has 0 aliphatic rings. The molecule has 0 spiro atoms. The summed E-state index contributed by atoms with van der Waals surface area (Å²) in [6, 6.07) is 20.6. The number of carbonyl (C=O) groups excluding carboxylic acids is 2. The van der Waals surface area contributed by atoms with Crippen LogP contribution < -0.4 is 9.64 Å². The summed E-state index contributed by atoms with van der Waals surface area (Å²) in [7, 11) is 0. The Kier molecular flexibility index (Phi) is 8.34. The molecule has 0 aliphatic carbocycles. The molecule has 3 rings (SSSR count). The minimum atomic E-state index is -0.537. The zero-order chi connectivity index (χ0) is 25.6. The fourth-order valence-electron chi connectivity index (χ4n) is 3.84. The summed E-state index contributed by atoms with van der Waals surface area (Å²) in [5.41, 5.74) is 4.31. The number of ether oxygens (including phenoxy) is 2. The molecule has 5 heteroatoms. The lowest BCUT2D eigenvalue weighted by molar-refractivity contribution is 0.0733. The number of para-hydroxylation sites is 1. The topological polar surface area (TPSA) is 55.8 Å². The molecule has 0 aliphatic heterocycles. The van der Waals surface area contributed by atoms with Crippen molar-refractivity contribution in [3.63, 3.8) is 0 Å². The minimum absolute atomic E-state index is 0.186. The van der Waals surface area contributed by atoms with Gasteiger partial charge in [0.1, 0.15) is 0 Å². The van der Waals surface area contributed by atoms with Crippen LogP contribution in [0.1, 0.15) is 68.1 Å². The van der Waals surface area contributed by atoms with Gasteiger partial charge in [0.15, 0.2) is 5.75 Å². The van der Waals surface area contributed by atoms with Crippen molar-refractivity contribution in [2.75, 3.05) is 11.5 Å². The van der Waals surface area contributed by atoms with Gasteiger partial charge < -0.3 is 9.47 Å². The quantitative estimate of drug-likeness (QED) is 0.260. The number of amides is 1. The molecular formula is C30H35NO4. The Bertz CT molecular complexity index is 1160. The number of benzene rings is 3. The lowest BCUT2D eigenvalue weighted by Crippen LogP contribution is -2.28. The van der Waals surface area contributed by atoms with E-state index in [4.69, 9.17) is 9.47 Å². The van der Waals surface area contributed by atoms with Crippen LogP contribution in [-0.4, -0.2) is 18.7 Å². The van der Waals surface area contributed by atoms with Crippen LogP contribution in [0.3, 0.4) is 0 Å². The molecule has 0 atom stereocenters. The van der Waals surface area contributed by atoms with Crippen molar-refractivity contribution in [2.24, 2.45) is 0 Å². The third-order valence-electron chi connectivity index (χ3n) is 5.75. The summed E-state index contributed by atoms with van der Waals surface area (Å²) in [5.74, 6) is -0.143. The van der Waals surface area contributed by atoms with Crippen molar-refractivity contribution in [1.29, 1.82) is 0 Å². The van der Waals surface area contributed by atoms with Gasteiger partial charge in [0.2, 0.25) is 0 Å². The highest BCUT2D eigenvalue weighted by Gasteiger charge is 2.28. The number of anilines is 2. The van der Waals surface area contributed by atoms with Gasteiger partial charge in [-0.05, 0) is 72.7 Å². The van der Waals surface area contributed by atoms with Gasteiger partial charge in [-0.15, -0.1) is 0 Å². The third-order valence-corrected chi connectivity index (χ3v) is 5.75. The van der Waals surface area contributed by atoms with Crippen LogP contribution in [0.25, 0.3) is 0 Å². The maximum Gasteiger partial charge on any atom is 0.419 e. The van der Waals surface area contributed by atoms with E-state index in [1.165, 1.54) is 10.5 Å². The van der Waals surface area contributed by atoms with E-state index in [2.05, 4.69) is 27.7 Å². The molecule has 0 unspecified atom stereocenters. The van der Waals surface area contributed by atoms with Gasteiger partial charge in [-0.3, -0.25) is 0 Å². The normalized spacial score (nSPS) is 11.1. The molecule has 0 bridgehead atoms. The lowest BCUT2D eigenvalue weighted by Gasteiger charge is -2.28. The summed E-state index contributed by atoms with van der Waals surface area (Å²) < 4.78 is 11.4. The number of aryl methyl sites for hydroxylation is 2. The molecule has 1 amide bonds. The van der Waals surface area contributed by atoms with Crippen molar-refractivity contribution >= 4 is 23.4 Å². The van der Waals surface area contributed by atoms with E-state index in [0.717, 1.165) is 24.0 Å². The second kappa shape index (κ2) is 11.2. The largest absolute Gasteiger partial charge is 0.449 e. The van der Waals surface area contributed by atoms with Crippen molar-refractivity contribution in [3.8, 4) is 5.75 Å². The molecule has 0 N–H and O–H groups in total. The van der Waals surface area contributed by atoms with Crippen LogP contribution >= 0.6 is 0 Å². The van der Waals surface area contributed by atoms with Crippen molar-refractivity contribution in [1.82, 2.24) is 0 Å². The molecule has 3 aromatic rings. The Balaban J connectivity index is 2.13. The van der Waals surface area contributed by atoms with Gasteiger partial charge in [-0.1, -0.05) is 70.5 Å². The minimum Gasteiger partial charge on any atom is -0.449 e. The Morgan fingerprint density at radius 1 is 0.914 bits per heavy atom. The van der Waals surface area contributed by atoms with Crippen molar-refractivity contribution in [2.45, 2.75) is 59.8 Å². The number of carbonyl (C=O) groups is 2. The molecule has 35 heavy (non-hydrogen) atoms. The van der Waals surface area contributed by atoms with E-state index in [9.17, 15) is 9.59 Å². The standard InChI is InChI=1S/C30H35NO4/c1-7-12-22-15-17-23(18-16-22)28(32)35-27-21(3)19-24(30(4,5)6)20-26(27)31(29(33)34-8-2)25-13-10-9-11-14-25/h9-11,13-20H,7-8,12H2,1-6H3. The summed E-state index contributed by atoms with van der Waals surface area (Å²) in [6.45, 7) is 12.3. The fraction of sp³-hybridized carbons (Fsp3) is 0.333. The number of rotatable bonds is 7. The highest BCUT2D eigenvalue weighted by Crippen LogP contribution is 2.41. The average molecular weight is 474 g/mol.